The van der Waals surface area contributed by atoms with Crippen LogP contribution in [0.2, 0.25) is 0 Å². The first-order valence-corrected chi connectivity index (χ1v) is 11.5. The monoisotopic (exact) mass is 481 g/mol. The minimum Gasteiger partial charge on any atom is -0.353 e. The van der Waals surface area contributed by atoms with E-state index < -0.39 is 23.3 Å². The first kappa shape index (κ1) is 24.3. The van der Waals surface area contributed by atoms with Gasteiger partial charge in [0.1, 0.15) is 17.9 Å². The van der Waals surface area contributed by atoms with Crippen molar-refractivity contribution in [3.63, 3.8) is 0 Å². The van der Waals surface area contributed by atoms with E-state index in [-0.39, 0.29) is 29.7 Å². The van der Waals surface area contributed by atoms with E-state index in [1.807, 2.05) is 0 Å². The Morgan fingerprint density at radius 1 is 1.15 bits per heavy atom. The van der Waals surface area contributed by atoms with Crippen LogP contribution in [0.5, 0.6) is 0 Å². The number of carbonyl (C=O) groups excluding carboxylic acids is 3. The Bertz CT molecular complexity index is 973. The number of amides is 4. The summed E-state index contributed by atoms with van der Waals surface area (Å²) >= 11 is 0. The van der Waals surface area contributed by atoms with Gasteiger partial charge in [-0.25, -0.2) is 9.78 Å². The number of rotatable bonds is 3. The number of pyridine rings is 1. The molecule has 0 unspecified atom stereocenters. The van der Waals surface area contributed by atoms with Crippen molar-refractivity contribution >= 4 is 23.7 Å². The van der Waals surface area contributed by atoms with Crippen LogP contribution < -0.4 is 10.2 Å². The molecule has 1 saturated carbocycles. The van der Waals surface area contributed by atoms with Gasteiger partial charge in [0.05, 0.1) is 5.56 Å². The third-order valence-electron chi connectivity index (χ3n) is 6.95. The van der Waals surface area contributed by atoms with Crippen LogP contribution in [0.4, 0.5) is 23.8 Å². The van der Waals surface area contributed by atoms with Gasteiger partial charge in [0.15, 0.2) is 0 Å². The Kier molecular flexibility index (Phi) is 6.02. The lowest BCUT2D eigenvalue weighted by Crippen LogP contribution is -2.55. The van der Waals surface area contributed by atoms with Gasteiger partial charge >= 0.3 is 12.2 Å². The largest absolute Gasteiger partial charge is 0.417 e. The highest BCUT2D eigenvalue weighted by molar-refractivity contribution is 6.09. The van der Waals surface area contributed by atoms with Crippen LogP contribution in [0.15, 0.2) is 18.3 Å². The van der Waals surface area contributed by atoms with Gasteiger partial charge in [0.25, 0.3) is 5.91 Å². The van der Waals surface area contributed by atoms with Gasteiger partial charge in [-0.15, -0.1) is 0 Å². The SMILES string of the molecule is C[C@@H]1CC(C)(C)C[C@]2(C1)NC(=O)N(CC(=O)N1CCN(c3ccc(C(F)(F)F)cn3)CC1)C2=O. The number of alkyl halides is 3. The highest BCUT2D eigenvalue weighted by atomic mass is 19.4. The molecule has 4 amide bonds. The molecule has 1 aromatic heterocycles. The second kappa shape index (κ2) is 8.42. The standard InChI is InChI=1S/C23H30F3N5O3/c1-15-10-21(2,3)14-22(11-15)19(33)31(20(34)28-22)13-18(32)30-8-6-29(7-9-30)17-5-4-16(12-27-17)23(24,25)26/h4-5,12,15H,6-11,13-14H2,1-3H3,(H,28,34)/t15-,22+/m1/s1. The second-order valence-electron chi connectivity index (χ2n) is 10.5. The van der Waals surface area contributed by atoms with E-state index in [0.29, 0.717) is 44.8 Å². The molecule has 1 N–H and O–H groups in total. The van der Waals surface area contributed by atoms with E-state index in [0.717, 1.165) is 23.6 Å². The molecule has 8 nitrogen and oxygen atoms in total. The van der Waals surface area contributed by atoms with E-state index >= 15 is 0 Å². The molecule has 0 aromatic carbocycles. The highest BCUT2D eigenvalue weighted by Gasteiger charge is 2.56. The molecule has 2 saturated heterocycles. The van der Waals surface area contributed by atoms with Gasteiger partial charge in [-0.1, -0.05) is 20.8 Å². The second-order valence-corrected chi connectivity index (χ2v) is 10.5. The zero-order chi connectivity index (χ0) is 24.9. The van der Waals surface area contributed by atoms with Crippen LogP contribution in [-0.2, 0) is 15.8 Å². The predicted molar refractivity (Wildman–Crippen MR) is 118 cm³/mol. The summed E-state index contributed by atoms with van der Waals surface area (Å²) in [5.74, 6) is 0.0162. The van der Waals surface area contributed by atoms with Gasteiger partial charge in [-0.3, -0.25) is 14.5 Å². The lowest BCUT2D eigenvalue weighted by Gasteiger charge is -2.43. The number of nitrogens with one attached hydrogen (secondary N) is 1. The van der Waals surface area contributed by atoms with Crippen LogP contribution in [0.3, 0.4) is 0 Å². The molecule has 4 rings (SSSR count). The molecule has 11 heteroatoms. The Morgan fingerprint density at radius 3 is 2.38 bits per heavy atom. The first-order chi connectivity index (χ1) is 15.8. The number of imide groups is 1. The van der Waals surface area contributed by atoms with Crippen molar-refractivity contribution in [2.45, 2.75) is 51.7 Å². The van der Waals surface area contributed by atoms with Crippen molar-refractivity contribution in [1.29, 1.82) is 0 Å². The van der Waals surface area contributed by atoms with E-state index in [4.69, 9.17) is 0 Å². The molecule has 34 heavy (non-hydrogen) atoms. The fourth-order valence-electron chi connectivity index (χ4n) is 5.81. The Balaban J connectivity index is 1.35. The smallest absolute Gasteiger partial charge is 0.353 e. The number of hydrogen-bond donors (Lipinski definition) is 1. The molecule has 3 aliphatic rings. The Labute approximate surface area is 196 Å². The van der Waals surface area contributed by atoms with Crippen molar-refractivity contribution in [3.05, 3.63) is 23.9 Å². The summed E-state index contributed by atoms with van der Waals surface area (Å²) in [5, 5.41) is 2.88. The number of carbonyl (C=O) groups is 3. The van der Waals surface area contributed by atoms with Crippen LogP contribution >= 0.6 is 0 Å². The predicted octanol–water partition coefficient (Wildman–Crippen LogP) is 2.89. The van der Waals surface area contributed by atoms with Crippen molar-refractivity contribution in [2.75, 3.05) is 37.6 Å². The first-order valence-electron chi connectivity index (χ1n) is 11.5. The summed E-state index contributed by atoms with van der Waals surface area (Å²) in [5.41, 5.74) is -1.86. The van der Waals surface area contributed by atoms with Crippen molar-refractivity contribution < 1.29 is 27.6 Å². The molecule has 3 fully saturated rings. The summed E-state index contributed by atoms with van der Waals surface area (Å²) in [6.45, 7) is 7.34. The average molecular weight is 482 g/mol. The number of piperazine rings is 1. The number of urea groups is 1. The number of nitrogens with zero attached hydrogens (tertiary/aromatic N) is 4. The van der Waals surface area contributed by atoms with Crippen molar-refractivity contribution in [3.8, 4) is 0 Å². The molecule has 0 radical (unpaired) electrons. The van der Waals surface area contributed by atoms with Gasteiger partial charge in [-0.05, 0) is 42.7 Å². The van der Waals surface area contributed by atoms with Crippen molar-refractivity contribution in [2.24, 2.45) is 11.3 Å². The zero-order valence-electron chi connectivity index (χ0n) is 19.6. The molecule has 2 aliphatic heterocycles. The molecule has 2 atom stereocenters. The fraction of sp³-hybridized carbons (Fsp3) is 0.652. The molecule has 3 heterocycles. The third-order valence-corrected chi connectivity index (χ3v) is 6.95. The Hall–Kier alpha value is -2.85. The topological polar surface area (TPSA) is 85.8 Å². The van der Waals surface area contributed by atoms with Gasteiger partial charge < -0.3 is 15.1 Å². The number of aromatic nitrogens is 1. The van der Waals surface area contributed by atoms with Crippen LogP contribution in [0.1, 0.15) is 45.6 Å². The zero-order valence-corrected chi connectivity index (χ0v) is 19.6. The molecular formula is C23H30F3N5O3. The molecule has 1 aromatic rings. The molecule has 186 valence electrons. The molecule has 0 bridgehead atoms. The average Bonchev–Trinajstić information content (AvgIpc) is 2.95. The summed E-state index contributed by atoms with van der Waals surface area (Å²) in [4.78, 5) is 47.1. The fourth-order valence-corrected chi connectivity index (χ4v) is 5.81. The van der Waals surface area contributed by atoms with E-state index in [1.54, 1.807) is 9.80 Å². The van der Waals surface area contributed by atoms with E-state index in [1.165, 1.54) is 6.07 Å². The number of anilines is 1. The van der Waals surface area contributed by atoms with E-state index in [9.17, 15) is 27.6 Å². The van der Waals surface area contributed by atoms with Crippen LogP contribution in [0, 0.1) is 11.3 Å². The van der Waals surface area contributed by atoms with Crippen molar-refractivity contribution in [1.82, 2.24) is 20.1 Å². The van der Waals surface area contributed by atoms with E-state index in [2.05, 4.69) is 31.1 Å². The van der Waals surface area contributed by atoms with Gasteiger partial charge in [-0.2, -0.15) is 13.2 Å². The number of hydrogen-bond acceptors (Lipinski definition) is 5. The number of halogens is 3. The maximum atomic E-state index is 13.3. The summed E-state index contributed by atoms with van der Waals surface area (Å²) < 4.78 is 38.2. The molecule has 1 spiro atoms. The maximum Gasteiger partial charge on any atom is 0.417 e. The molecule has 1 aliphatic carbocycles. The summed E-state index contributed by atoms with van der Waals surface area (Å²) in [6, 6.07) is 1.77. The Morgan fingerprint density at radius 2 is 1.82 bits per heavy atom. The lowest BCUT2D eigenvalue weighted by molar-refractivity contribution is -0.140. The third kappa shape index (κ3) is 4.69. The molecular weight excluding hydrogens is 451 g/mol. The van der Waals surface area contributed by atoms with Crippen LogP contribution in [0.25, 0.3) is 0 Å². The van der Waals surface area contributed by atoms with Gasteiger partial charge in [0, 0.05) is 32.4 Å². The van der Waals surface area contributed by atoms with Gasteiger partial charge in [0.2, 0.25) is 5.91 Å². The minimum absolute atomic E-state index is 0.0940. The normalized spacial score (nSPS) is 27.4. The maximum absolute atomic E-state index is 13.3. The quantitative estimate of drug-likeness (QED) is 0.671. The summed E-state index contributed by atoms with van der Waals surface area (Å²) in [7, 11) is 0. The summed E-state index contributed by atoms with van der Waals surface area (Å²) in [6.07, 6.45) is -1.58. The highest BCUT2D eigenvalue weighted by Crippen LogP contribution is 2.46. The lowest BCUT2D eigenvalue weighted by atomic mass is 9.64. The van der Waals surface area contributed by atoms with Crippen LogP contribution in [-0.4, -0.2) is 70.9 Å². The minimum atomic E-state index is -4.44.